The summed E-state index contributed by atoms with van der Waals surface area (Å²) < 4.78 is 11.5. The number of nitrogens with zero attached hydrogens (tertiary/aromatic N) is 2. The second-order valence-corrected chi connectivity index (χ2v) is 6.97. The lowest BCUT2D eigenvalue weighted by atomic mass is 10.1. The van der Waals surface area contributed by atoms with Crippen LogP contribution >= 0.6 is 0 Å². The number of carbonyl (C=O) groups is 1. The molecule has 0 aliphatic rings. The van der Waals surface area contributed by atoms with Crippen molar-refractivity contribution >= 4 is 22.8 Å². The number of rotatable bonds is 5. The summed E-state index contributed by atoms with van der Waals surface area (Å²) in [5.74, 6) is 0.926. The van der Waals surface area contributed by atoms with Crippen molar-refractivity contribution in [3.05, 3.63) is 71.9 Å². The Morgan fingerprint density at radius 3 is 2.72 bits per heavy atom. The summed E-state index contributed by atoms with van der Waals surface area (Å²) in [5, 5.41) is 2.97. The van der Waals surface area contributed by atoms with Crippen LogP contribution in [-0.4, -0.2) is 22.0 Å². The molecule has 2 aromatic heterocycles. The van der Waals surface area contributed by atoms with Gasteiger partial charge in [0.2, 0.25) is 5.89 Å². The first-order valence-electron chi connectivity index (χ1n) is 9.41. The lowest BCUT2D eigenvalue weighted by Crippen LogP contribution is -2.13. The van der Waals surface area contributed by atoms with Gasteiger partial charge < -0.3 is 14.5 Å². The molecular formula is C23H21N3O3. The molecular weight excluding hydrogens is 366 g/mol. The molecule has 0 radical (unpaired) electrons. The van der Waals surface area contributed by atoms with Crippen LogP contribution in [0.4, 0.5) is 5.69 Å². The third-order valence-electron chi connectivity index (χ3n) is 4.45. The first-order chi connectivity index (χ1) is 14.0. The van der Waals surface area contributed by atoms with E-state index in [9.17, 15) is 4.79 Å². The number of nitrogens with one attached hydrogen (secondary N) is 1. The molecule has 6 nitrogen and oxygen atoms in total. The number of oxazole rings is 1. The lowest BCUT2D eigenvalue weighted by molar-refractivity contribution is 0.102. The molecule has 0 bridgehead atoms. The van der Waals surface area contributed by atoms with Gasteiger partial charge in [-0.1, -0.05) is 12.1 Å². The van der Waals surface area contributed by atoms with Crippen LogP contribution in [0.25, 0.3) is 22.7 Å². The minimum absolute atomic E-state index is 0.0398. The van der Waals surface area contributed by atoms with Gasteiger partial charge in [-0.2, -0.15) is 4.98 Å². The van der Waals surface area contributed by atoms with Crippen LogP contribution in [0, 0.1) is 6.92 Å². The Morgan fingerprint density at radius 2 is 1.93 bits per heavy atom. The molecule has 0 fully saturated rings. The van der Waals surface area contributed by atoms with E-state index in [1.54, 1.807) is 30.5 Å². The van der Waals surface area contributed by atoms with Crippen molar-refractivity contribution in [2.75, 3.05) is 5.32 Å². The van der Waals surface area contributed by atoms with Crippen molar-refractivity contribution in [1.29, 1.82) is 0 Å². The topological polar surface area (TPSA) is 77.2 Å². The van der Waals surface area contributed by atoms with Gasteiger partial charge in [0.05, 0.1) is 6.10 Å². The van der Waals surface area contributed by atoms with Crippen LogP contribution in [-0.2, 0) is 0 Å². The first-order valence-corrected chi connectivity index (χ1v) is 9.41. The SMILES string of the molecule is Cc1c(NC(=O)c2cccc(OC(C)C)c2)cccc1-c1nc2ncccc2o1. The number of benzene rings is 2. The molecule has 0 unspecified atom stereocenters. The van der Waals surface area contributed by atoms with E-state index in [1.807, 2.05) is 51.1 Å². The van der Waals surface area contributed by atoms with Crippen LogP contribution in [0.2, 0.25) is 0 Å². The number of hydrogen-bond acceptors (Lipinski definition) is 5. The molecule has 0 atom stereocenters. The van der Waals surface area contributed by atoms with E-state index in [1.165, 1.54) is 0 Å². The average Bonchev–Trinajstić information content (AvgIpc) is 3.13. The molecule has 0 saturated carbocycles. The summed E-state index contributed by atoms with van der Waals surface area (Å²) in [6.45, 7) is 5.82. The first kappa shape index (κ1) is 18.7. The number of ether oxygens (including phenoxy) is 1. The zero-order valence-electron chi connectivity index (χ0n) is 16.5. The number of hydrogen-bond donors (Lipinski definition) is 1. The summed E-state index contributed by atoms with van der Waals surface area (Å²) >= 11 is 0. The molecule has 0 spiro atoms. The second kappa shape index (κ2) is 7.75. The molecule has 4 rings (SSSR count). The Balaban J connectivity index is 1.61. The Bertz CT molecular complexity index is 1150. The molecule has 1 N–H and O–H groups in total. The smallest absolute Gasteiger partial charge is 0.255 e. The van der Waals surface area contributed by atoms with Crippen molar-refractivity contribution in [3.63, 3.8) is 0 Å². The van der Waals surface area contributed by atoms with Gasteiger partial charge in [0.15, 0.2) is 11.2 Å². The van der Waals surface area contributed by atoms with E-state index in [0.717, 1.165) is 11.1 Å². The van der Waals surface area contributed by atoms with E-state index in [0.29, 0.717) is 34.1 Å². The fraction of sp³-hybridized carbons (Fsp3) is 0.174. The van der Waals surface area contributed by atoms with E-state index in [-0.39, 0.29) is 12.0 Å². The molecule has 0 aliphatic heterocycles. The number of pyridine rings is 1. The third kappa shape index (κ3) is 3.96. The summed E-state index contributed by atoms with van der Waals surface area (Å²) in [6, 6.07) is 16.4. The zero-order valence-corrected chi connectivity index (χ0v) is 16.5. The molecule has 0 saturated heterocycles. The average molecular weight is 387 g/mol. The molecule has 0 aliphatic carbocycles. The fourth-order valence-electron chi connectivity index (χ4n) is 3.06. The fourth-order valence-corrected chi connectivity index (χ4v) is 3.06. The van der Waals surface area contributed by atoms with Crippen molar-refractivity contribution in [3.8, 4) is 17.2 Å². The van der Waals surface area contributed by atoms with Gasteiger partial charge in [0, 0.05) is 23.0 Å². The number of aromatic nitrogens is 2. The van der Waals surface area contributed by atoms with E-state index >= 15 is 0 Å². The highest BCUT2D eigenvalue weighted by Gasteiger charge is 2.15. The van der Waals surface area contributed by atoms with Crippen LogP contribution in [0.1, 0.15) is 29.8 Å². The van der Waals surface area contributed by atoms with E-state index < -0.39 is 0 Å². The van der Waals surface area contributed by atoms with Crippen LogP contribution in [0.3, 0.4) is 0 Å². The van der Waals surface area contributed by atoms with Gasteiger partial charge in [-0.25, -0.2) is 4.98 Å². The maximum Gasteiger partial charge on any atom is 0.255 e. The Hall–Kier alpha value is -3.67. The number of amides is 1. The van der Waals surface area contributed by atoms with E-state index in [4.69, 9.17) is 9.15 Å². The minimum Gasteiger partial charge on any atom is -0.491 e. The molecule has 2 aromatic carbocycles. The zero-order chi connectivity index (χ0) is 20.4. The second-order valence-electron chi connectivity index (χ2n) is 6.97. The van der Waals surface area contributed by atoms with E-state index in [2.05, 4.69) is 15.3 Å². The highest BCUT2D eigenvalue weighted by molar-refractivity contribution is 6.05. The summed E-state index contributed by atoms with van der Waals surface area (Å²) in [6.07, 6.45) is 1.72. The number of anilines is 1. The van der Waals surface area contributed by atoms with Gasteiger partial charge in [-0.15, -0.1) is 0 Å². The van der Waals surface area contributed by atoms with Gasteiger partial charge >= 0.3 is 0 Å². The monoisotopic (exact) mass is 387 g/mol. The summed E-state index contributed by atoms with van der Waals surface area (Å²) in [4.78, 5) is 21.4. The number of carbonyl (C=O) groups excluding carboxylic acids is 1. The van der Waals surface area contributed by atoms with Gasteiger partial charge in [0.25, 0.3) is 5.91 Å². The maximum atomic E-state index is 12.8. The third-order valence-corrected chi connectivity index (χ3v) is 4.45. The van der Waals surface area contributed by atoms with Gasteiger partial charge in [-0.3, -0.25) is 4.79 Å². The molecule has 4 aromatic rings. The summed E-state index contributed by atoms with van der Waals surface area (Å²) in [7, 11) is 0. The Kier molecular flexibility index (Phi) is 4.99. The van der Waals surface area contributed by atoms with Crippen LogP contribution < -0.4 is 10.1 Å². The minimum atomic E-state index is -0.210. The quantitative estimate of drug-likeness (QED) is 0.507. The molecule has 1 amide bonds. The number of fused-ring (bicyclic) bond motifs is 1. The van der Waals surface area contributed by atoms with Crippen molar-refractivity contribution in [2.45, 2.75) is 26.9 Å². The van der Waals surface area contributed by atoms with Gasteiger partial charge in [-0.05, 0) is 68.8 Å². The normalized spacial score (nSPS) is 11.0. The van der Waals surface area contributed by atoms with Crippen molar-refractivity contribution in [2.24, 2.45) is 0 Å². The standard InChI is InChI=1S/C23H21N3O3/c1-14(2)28-17-8-4-7-16(13-17)22(27)25-19-10-5-9-18(15(19)3)23-26-21-20(29-23)11-6-12-24-21/h4-14H,1-3H3,(H,25,27). The molecule has 2 heterocycles. The van der Waals surface area contributed by atoms with Crippen LogP contribution in [0.15, 0.2) is 65.2 Å². The predicted octanol–water partition coefficient (Wildman–Crippen LogP) is 5.24. The summed E-state index contributed by atoms with van der Waals surface area (Å²) in [5.41, 5.74) is 4.06. The molecule has 29 heavy (non-hydrogen) atoms. The highest BCUT2D eigenvalue weighted by atomic mass is 16.5. The molecule has 6 heteroatoms. The maximum absolute atomic E-state index is 12.8. The lowest BCUT2D eigenvalue weighted by Gasteiger charge is -2.13. The van der Waals surface area contributed by atoms with Crippen LogP contribution in [0.5, 0.6) is 5.75 Å². The van der Waals surface area contributed by atoms with Gasteiger partial charge in [0.1, 0.15) is 5.75 Å². The largest absolute Gasteiger partial charge is 0.491 e. The molecule has 146 valence electrons. The van der Waals surface area contributed by atoms with Crippen molar-refractivity contribution in [1.82, 2.24) is 9.97 Å². The Labute approximate surface area is 168 Å². The van der Waals surface area contributed by atoms with Crippen molar-refractivity contribution < 1.29 is 13.9 Å². The Morgan fingerprint density at radius 1 is 1.10 bits per heavy atom. The highest BCUT2D eigenvalue weighted by Crippen LogP contribution is 2.30. The predicted molar refractivity (Wildman–Crippen MR) is 112 cm³/mol.